The molecule has 0 bridgehead atoms. The lowest BCUT2D eigenvalue weighted by Crippen LogP contribution is -2.20. The van der Waals surface area contributed by atoms with Crippen molar-refractivity contribution >= 4 is 39.3 Å². The van der Waals surface area contributed by atoms with Gasteiger partial charge in [0.1, 0.15) is 11.5 Å². The monoisotopic (exact) mass is 577 g/mol. The maximum Gasteiger partial charge on any atom is 0.226 e. The summed E-state index contributed by atoms with van der Waals surface area (Å²) in [5.74, 6) is -0.535. The van der Waals surface area contributed by atoms with Gasteiger partial charge < -0.3 is 20.5 Å². The second-order valence-corrected chi connectivity index (χ2v) is 11.1. The minimum Gasteiger partial charge on any atom is -0.384 e. The Morgan fingerprint density at radius 1 is 0.953 bits per heavy atom. The smallest absolute Gasteiger partial charge is 0.226 e. The van der Waals surface area contributed by atoms with Crippen LogP contribution in [-0.4, -0.2) is 68.1 Å². The molecule has 10 nitrogen and oxygen atoms in total. The first-order valence-corrected chi connectivity index (χ1v) is 14.0. The SMILES string of the molecule is CC(C)C(=O)Nc1cncc(-c2cnc3n[nH]c(-c4cc5c(-c6cc(F)cc(NCCN(C)C)c6)ccnc5[nH]4)c3c2)c1. The highest BCUT2D eigenvalue weighted by molar-refractivity contribution is 6.00. The number of pyridine rings is 3. The first-order valence-electron chi connectivity index (χ1n) is 14.0. The number of aromatic amines is 2. The molecular formula is C32H32FN9O. The summed E-state index contributed by atoms with van der Waals surface area (Å²) in [6.07, 6.45) is 6.80. The van der Waals surface area contributed by atoms with Crippen LogP contribution >= 0.6 is 0 Å². The maximum absolute atomic E-state index is 14.7. The lowest BCUT2D eigenvalue weighted by atomic mass is 10.0. The molecule has 6 rings (SSSR count). The maximum atomic E-state index is 14.7. The summed E-state index contributed by atoms with van der Waals surface area (Å²) < 4.78 is 14.7. The molecule has 0 radical (unpaired) electrons. The van der Waals surface area contributed by atoms with Gasteiger partial charge >= 0.3 is 0 Å². The number of amides is 1. The number of halogens is 1. The van der Waals surface area contributed by atoms with Crippen molar-refractivity contribution in [2.45, 2.75) is 13.8 Å². The highest BCUT2D eigenvalue weighted by atomic mass is 19.1. The molecule has 4 N–H and O–H groups in total. The number of nitrogens with one attached hydrogen (secondary N) is 4. The Hall–Kier alpha value is -5.16. The van der Waals surface area contributed by atoms with E-state index in [-0.39, 0.29) is 17.6 Å². The molecular weight excluding hydrogens is 545 g/mol. The van der Waals surface area contributed by atoms with Crippen LogP contribution in [0.1, 0.15) is 13.8 Å². The van der Waals surface area contributed by atoms with Gasteiger partial charge in [-0.15, -0.1) is 0 Å². The molecule has 0 atom stereocenters. The van der Waals surface area contributed by atoms with Crippen molar-refractivity contribution in [3.05, 3.63) is 73.1 Å². The second kappa shape index (κ2) is 11.6. The van der Waals surface area contributed by atoms with E-state index in [0.29, 0.717) is 23.5 Å². The van der Waals surface area contributed by atoms with E-state index in [9.17, 15) is 9.18 Å². The van der Waals surface area contributed by atoms with Gasteiger partial charge in [0, 0.05) is 65.2 Å². The largest absolute Gasteiger partial charge is 0.384 e. The molecule has 0 aliphatic rings. The van der Waals surface area contributed by atoms with Gasteiger partial charge in [0.2, 0.25) is 5.91 Å². The van der Waals surface area contributed by atoms with E-state index in [0.717, 1.165) is 56.6 Å². The molecule has 0 saturated heterocycles. The van der Waals surface area contributed by atoms with E-state index in [4.69, 9.17) is 0 Å². The molecule has 0 saturated carbocycles. The average molecular weight is 578 g/mol. The Balaban J connectivity index is 1.36. The zero-order valence-electron chi connectivity index (χ0n) is 24.4. The lowest BCUT2D eigenvalue weighted by Gasteiger charge is -2.13. The molecule has 5 aromatic heterocycles. The van der Waals surface area contributed by atoms with Crippen molar-refractivity contribution in [1.82, 2.24) is 35.0 Å². The zero-order valence-corrected chi connectivity index (χ0v) is 24.4. The number of carbonyl (C=O) groups excluding carboxylic acids is 1. The number of carbonyl (C=O) groups is 1. The number of nitrogens with zero attached hydrogens (tertiary/aromatic N) is 5. The van der Waals surface area contributed by atoms with Crippen LogP contribution in [0, 0.1) is 11.7 Å². The number of hydrogen-bond donors (Lipinski definition) is 4. The molecule has 43 heavy (non-hydrogen) atoms. The fraction of sp³-hybridized carbons (Fsp3) is 0.219. The van der Waals surface area contributed by atoms with E-state index < -0.39 is 0 Å². The second-order valence-electron chi connectivity index (χ2n) is 11.1. The Labute approximate surface area is 247 Å². The standard InChI is InChI=1S/C32H32FN9O/c1-18(2)32(43)38-24-11-20(15-34-17-24)21-12-27-29(40-41-31(27)37-16-21)28-14-26-25(5-6-36-30(26)39-28)19-9-22(33)13-23(10-19)35-7-8-42(3)4/h5-6,9-18,35H,7-8H2,1-4H3,(H,36,39)(H,38,43)(H,37,40,41). The van der Waals surface area contributed by atoms with Gasteiger partial charge in [-0.25, -0.2) is 14.4 Å². The summed E-state index contributed by atoms with van der Waals surface area (Å²) in [5, 5.41) is 15.4. The number of likely N-dealkylation sites (N-methyl/N-ethyl adjacent to an activating group) is 1. The molecule has 11 heteroatoms. The lowest BCUT2D eigenvalue weighted by molar-refractivity contribution is -0.118. The fourth-order valence-corrected chi connectivity index (χ4v) is 4.90. The zero-order chi connectivity index (χ0) is 30.1. The van der Waals surface area contributed by atoms with E-state index in [1.807, 2.05) is 58.3 Å². The third-order valence-corrected chi connectivity index (χ3v) is 7.17. The number of rotatable bonds is 9. The van der Waals surface area contributed by atoms with Crippen LogP contribution in [0.3, 0.4) is 0 Å². The first kappa shape index (κ1) is 28.0. The number of fused-ring (bicyclic) bond motifs is 2. The van der Waals surface area contributed by atoms with Crippen molar-refractivity contribution in [2.24, 2.45) is 5.92 Å². The molecule has 0 spiro atoms. The van der Waals surface area contributed by atoms with Gasteiger partial charge in [-0.1, -0.05) is 13.8 Å². The highest BCUT2D eigenvalue weighted by Gasteiger charge is 2.16. The molecule has 5 heterocycles. The normalized spacial score (nSPS) is 11.6. The number of hydrogen-bond acceptors (Lipinski definition) is 7. The molecule has 1 aromatic carbocycles. The molecule has 0 fully saturated rings. The van der Waals surface area contributed by atoms with Crippen molar-refractivity contribution in [3.63, 3.8) is 0 Å². The van der Waals surface area contributed by atoms with Crippen LogP contribution in [0.4, 0.5) is 15.8 Å². The summed E-state index contributed by atoms with van der Waals surface area (Å²) in [7, 11) is 4.00. The highest BCUT2D eigenvalue weighted by Crippen LogP contribution is 2.35. The summed E-state index contributed by atoms with van der Waals surface area (Å²) in [4.78, 5) is 31.1. The predicted octanol–water partition coefficient (Wildman–Crippen LogP) is 5.94. The minimum absolute atomic E-state index is 0.0773. The fourth-order valence-electron chi connectivity index (χ4n) is 4.90. The Bertz CT molecular complexity index is 1940. The third-order valence-electron chi connectivity index (χ3n) is 7.17. The van der Waals surface area contributed by atoms with Gasteiger partial charge in [0.15, 0.2) is 5.65 Å². The number of benzene rings is 1. The molecule has 1 amide bonds. The van der Waals surface area contributed by atoms with E-state index in [1.165, 1.54) is 12.1 Å². The van der Waals surface area contributed by atoms with Crippen molar-refractivity contribution in [1.29, 1.82) is 0 Å². The van der Waals surface area contributed by atoms with Gasteiger partial charge in [-0.3, -0.25) is 14.9 Å². The molecule has 0 unspecified atom stereocenters. The summed E-state index contributed by atoms with van der Waals surface area (Å²) in [6.45, 7) is 5.21. The third kappa shape index (κ3) is 5.93. The van der Waals surface area contributed by atoms with Crippen LogP contribution in [0.5, 0.6) is 0 Å². The molecule has 218 valence electrons. The van der Waals surface area contributed by atoms with E-state index >= 15 is 0 Å². The number of aromatic nitrogens is 6. The predicted molar refractivity (Wildman–Crippen MR) is 168 cm³/mol. The van der Waals surface area contributed by atoms with Crippen molar-refractivity contribution in [3.8, 4) is 33.6 Å². The van der Waals surface area contributed by atoms with Crippen LogP contribution in [0.2, 0.25) is 0 Å². The quantitative estimate of drug-likeness (QED) is 0.168. The summed E-state index contributed by atoms with van der Waals surface area (Å²) in [5.41, 5.74) is 7.33. The Kier molecular flexibility index (Phi) is 7.56. The van der Waals surface area contributed by atoms with Gasteiger partial charge in [0.05, 0.1) is 23.3 Å². The van der Waals surface area contributed by atoms with Gasteiger partial charge in [0.25, 0.3) is 0 Å². The van der Waals surface area contributed by atoms with Crippen LogP contribution in [0.15, 0.2) is 67.3 Å². The van der Waals surface area contributed by atoms with E-state index in [2.05, 4.69) is 45.7 Å². The molecule has 0 aliphatic carbocycles. The van der Waals surface area contributed by atoms with Crippen molar-refractivity contribution in [2.75, 3.05) is 37.8 Å². The molecule has 6 aromatic rings. The summed E-state index contributed by atoms with van der Waals surface area (Å²) in [6, 6.07) is 12.7. The first-order chi connectivity index (χ1) is 20.7. The van der Waals surface area contributed by atoms with Crippen LogP contribution in [0.25, 0.3) is 55.7 Å². The summed E-state index contributed by atoms with van der Waals surface area (Å²) >= 11 is 0. The van der Waals surface area contributed by atoms with Crippen LogP contribution < -0.4 is 10.6 Å². The van der Waals surface area contributed by atoms with Crippen molar-refractivity contribution < 1.29 is 9.18 Å². The topological polar surface area (TPSA) is 128 Å². The number of H-pyrrole nitrogens is 2. The number of anilines is 2. The van der Waals surface area contributed by atoms with Crippen LogP contribution in [-0.2, 0) is 4.79 Å². The Morgan fingerprint density at radius 2 is 1.77 bits per heavy atom. The minimum atomic E-state index is -0.314. The molecule has 0 aliphatic heterocycles. The van der Waals surface area contributed by atoms with Gasteiger partial charge in [-0.2, -0.15) is 5.10 Å². The van der Waals surface area contributed by atoms with E-state index in [1.54, 1.807) is 24.8 Å². The van der Waals surface area contributed by atoms with Gasteiger partial charge in [-0.05, 0) is 67.7 Å². The Morgan fingerprint density at radius 3 is 2.58 bits per heavy atom. The average Bonchev–Trinajstić information content (AvgIpc) is 3.60.